The van der Waals surface area contributed by atoms with Crippen LogP contribution in [0.1, 0.15) is 26.3 Å². The van der Waals surface area contributed by atoms with Crippen molar-refractivity contribution in [2.75, 3.05) is 6.61 Å². The Bertz CT molecular complexity index is 307. The van der Waals surface area contributed by atoms with Crippen molar-refractivity contribution in [2.24, 2.45) is 0 Å². The Hall–Kier alpha value is -0.643. The van der Waals surface area contributed by atoms with Gasteiger partial charge in [-0.2, -0.15) is 0 Å². The van der Waals surface area contributed by atoms with E-state index in [1.165, 1.54) is 5.56 Å². The molecule has 1 N–H and O–H groups in total. The summed E-state index contributed by atoms with van der Waals surface area (Å²) in [6.07, 6.45) is 0.845. The number of hydrogen-bond acceptors (Lipinski definition) is 2. The topological polar surface area (TPSA) is 23.5 Å². The van der Waals surface area contributed by atoms with Crippen LogP contribution in [0.3, 0.4) is 0 Å². The summed E-state index contributed by atoms with van der Waals surface area (Å²) < 4.78 is 2.04. The lowest BCUT2D eigenvalue weighted by Gasteiger charge is -2.38. The van der Waals surface area contributed by atoms with Gasteiger partial charge in [0.15, 0.2) is 0 Å². The summed E-state index contributed by atoms with van der Waals surface area (Å²) in [5.74, 6) is 0. The van der Waals surface area contributed by atoms with Gasteiger partial charge in [0.1, 0.15) is 10.4 Å². The number of aliphatic hydroxyl groups excluding tert-OH is 1. The lowest BCUT2D eigenvalue weighted by Crippen LogP contribution is -2.49. The molecule has 1 aromatic rings. The molecule has 0 aromatic heterocycles. The van der Waals surface area contributed by atoms with E-state index in [1.807, 2.05) is 22.8 Å². The first kappa shape index (κ1) is 13.4. The van der Waals surface area contributed by atoms with Gasteiger partial charge in [0.25, 0.3) is 0 Å². The third-order valence-electron chi connectivity index (χ3n) is 2.61. The summed E-state index contributed by atoms with van der Waals surface area (Å²) in [5.41, 5.74) is 1.24. The molecule has 87 valence electrons. The Morgan fingerprint density at radius 2 is 1.81 bits per heavy atom. The smallest absolute Gasteiger partial charge is 0.144 e. The van der Waals surface area contributed by atoms with Gasteiger partial charge in [-0.15, -0.1) is 0 Å². The van der Waals surface area contributed by atoms with Gasteiger partial charge in [0, 0.05) is 11.6 Å². The predicted octanol–water partition coefficient (Wildman–Crippen LogP) is 1.77. The highest BCUT2D eigenvalue weighted by atomic mass is 28.2. The van der Waals surface area contributed by atoms with Crippen molar-refractivity contribution < 1.29 is 5.11 Å². The van der Waals surface area contributed by atoms with Crippen LogP contribution in [0.15, 0.2) is 30.3 Å². The molecule has 0 aliphatic carbocycles. The third-order valence-corrected chi connectivity index (χ3v) is 3.65. The molecule has 0 heterocycles. The summed E-state index contributed by atoms with van der Waals surface area (Å²) in [6.45, 7) is 6.50. The van der Waals surface area contributed by atoms with Crippen molar-refractivity contribution in [2.45, 2.75) is 38.8 Å². The second-order valence-corrected chi connectivity index (χ2v) is 5.55. The molecule has 0 aliphatic rings. The fourth-order valence-electron chi connectivity index (χ4n) is 1.67. The Balaban J connectivity index is 2.70. The second-order valence-electron chi connectivity index (χ2n) is 5.07. The van der Waals surface area contributed by atoms with Crippen molar-refractivity contribution in [3.63, 3.8) is 0 Å². The van der Waals surface area contributed by atoms with E-state index in [4.69, 9.17) is 0 Å². The number of aliphatic hydroxyl groups is 1. The number of benzene rings is 1. The summed E-state index contributed by atoms with van der Waals surface area (Å²) in [4.78, 5) is 0. The molecule has 0 fully saturated rings. The first-order chi connectivity index (χ1) is 7.45. The highest BCUT2D eigenvalue weighted by Crippen LogP contribution is 2.16. The molecule has 1 atom stereocenters. The minimum atomic E-state index is -0.000927. The standard InChI is InChI=1S/C13H20NOSi/c1-13(2,3)14(16)12(10-15)9-11-7-5-4-6-8-11/h4-8,12,15H,9-10H2,1-3H3/t12-/m0/s1. The van der Waals surface area contributed by atoms with Crippen molar-refractivity contribution in [1.82, 2.24) is 4.57 Å². The first-order valence-corrected chi connectivity index (χ1v) is 6.05. The average Bonchev–Trinajstić information content (AvgIpc) is 2.25. The maximum atomic E-state index is 9.45. The van der Waals surface area contributed by atoms with Crippen molar-refractivity contribution in [3.8, 4) is 0 Å². The zero-order valence-corrected chi connectivity index (χ0v) is 11.3. The molecule has 0 amide bonds. The Morgan fingerprint density at radius 3 is 2.25 bits per heavy atom. The minimum Gasteiger partial charge on any atom is -0.395 e. The van der Waals surface area contributed by atoms with E-state index in [0.29, 0.717) is 0 Å². The average molecular weight is 234 g/mol. The maximum Gasteiger partial charge on any atom is 0.144 e. The summed E-state index contributed by atoms with van der Waals surface area (Å²) in [6, 6.07) is 10.3. The van der Waals surface area contributed by atoms with Crippen LogP contribution in [0.25, 0.3) is 0 Å². The van der Waals surface area contributed by atoms with E-state index >= 15 is 0 Å². The highest BCUT2D eigenvalue weighted by Gasteiger charge is 2.24. The van der Waals surface area contributed by atoms with E-state index in [1.54, 1.807) is 0 Å². The molecule has 16 heavy (non-hydrogen) atoms. The SMILES string of the molecule is CC(C)(C)N([Si])[C@H](CO)Cc1ccccc1. The Labute approximate surface area is 102 Å². The summed E-state index contributed by atoms with van der Waals surface area (Å²) >= 11 is 0. The van der Waals surface area contributed by atoms with Gasteiger partial charge in [-0.05, 0) is 32.8 Å². The highest BCUT2D eigenvalue weighted by molar-refractivity contribution is 6.05. The van der Waals surface area contributed by atoms with Crippen LogP contribution in [-0.2, 0) is 6.42 Å². The molecule has 0 bridgehead atoms. The van der Waals surface area contributed by atoms with E-state index in [2.05, 4.69) is 43.3 Å². The number of hydrogen-bond donors (Lipinski definition) is 1. The molecule has 1 aromatic carbocycles. The number of nitrogens with zero attached hydrogens (tertiary/aromatic N) is 1. The van der Waals surface area contributed by atoms with Crippen LogP contribution in [0.2, 0.25) is 0 Å². The molecule has 0 unspecified atom stereocenters. The lowest BCUT2D eigenvalue weighted by atomic mass is 10.0. The molecule has 0 saturated heterocycles. The van der Waals surface area contributed by atoms with Crippen LogP contribution in [0, 0.1) is 0 Å². The first-order valence-electron chi connectivity index (χ1n) is 5.60. The van der Waals surface area contributed by atoms with Gasteiger partial charge in [-0.3, -0.25) is 0 Å². The van der Waals surface area contributed by atoms with E-state index < -0.39 is 0 Å². The Kier molecular flexibility index (Phi) is 4.71. The lowest BCUT2D eigenvalue weighted by molar-refractivity contribution is 0.128. The summed E-state index contributed by atoms with van der Waals surface area (Å²) in [7, 11) is 3.61. The molecule has 3 radical (unpaired) electrons. The molecular formula is C13H20NOSi. The molecular weight excluding hydrogens is 214 g/mol. The molecule has 0 saturated carbocycles. The normalized spacial score (nSPS) is 14.1. The van der Waals surface area contributed by atoms with E-state index in [-0.39, 0.29) is 18.2 Å². The molecule has 3 heteroatoms. The van der Waals surface area contributed by atoms with Crippen LogP contribution in [0.4, 0.5) is 0 Å². The predicted molar refractivity (Wildman–Crippen MR) is 68.4 cm³/mol. The van der Waals surface area contributed by atoms with Gasteiger partial charge in [-0.1, -0.05) is 30.3 Å². The largest absolute Gasteiger partial charge is 0.395 e. The van der Waals surface area contributed by atoms with Crippen LogP contribution in [-0.4, -0.2) is 38.3 Å². The fourth-order valence-corrected chi connectivity index (χ4v) is 1.84. The number of rotatable bonds is 4. The van der Waals surface area contributed by atoms with Gasteiger partial charge in [-0.25, -0.2) is 0 Å². The van der Waals surface area contributed by atoms with E-state index in [9.17, 15) is 5.11 Å². The van der Waals surface area contributed by atoms with Gasteiger partial charge >= 0.3 is 0 Å². The van der Waals surface area contributed by atoms with Crippen LogP contribution in [0.5, 0.6) is 0 Å². The zero-order chi connectivity index (χ0) is 12.2. The van der Waals surface area contributed by atoms with Crippen molar-refractivity contribution in [1.29, 1.82) is 0 Å². The second kappa shape index (κ2) is 5.62. The fraction of sp³-hybridized carbons (Fsp3) is 0.538. The quantitative estimate of drug-likeness (QED) is 0.803. The molecule has 1 rings (SSSR count). The monoisotopic (exact) mass is 234 g/mol. The maximum absolute atomic E-state index is 9.45. The molecule has 0 spiro atoms. The van der Waals surface area contributed by atoms with Gasteiger partial charge < -0.3 is 9.67 Å². The van der Waals surface area contributed by atoms with Crippen molar-refractivity contribution >= 4 is 10.4 Å². The summed E-state index contributed by atoms with van der Waals surface area (Å²) in [5, 5.41) is 9.45. The minimum absolute atomic E-state index is 0.000927. The third kappa shape index (κ3) is 3.74. The van der Waals surface area contributed by atoms with E-state index in [0.717, 1.165) is 6.42 Å². The Morgan fingerprint density at radius 1 is 1.25 bits per heavy atom. The molecule has 2 nitrogen and oxygen atoms in total. The van der Waals surface area contributed by atoms with Crippen LogP contribution < -0.4 is 0 Å². The zero-order valence-electron chi connectivity index (χ0n) is 10.3. The van der Waals surface area contributed by atoms with Crippen molar-refractivity contribution in [3.05, 3.63) is 35.9 Å². The van der Waals surface area contributed by atoms with Crippen LogP contribution >= 0.6 is 0 Å². The van der Waals surface area contributed by atoms with Gasteiger partial charge in [0.2, 0.25) is 0 Å². The molecule has 0 aliphatic heterocycles. The van der Waals surface area contributed by atoms with Gasteiger partial charge in [0.05, 0.1) is 6.61 Å².